The van der Waals surface area contributed by atoms with Crippen molar-refractivity contribution in [3.63, 3.8) is 0 Å². The lowest BCUT2D eigenvalue weighted by atomic mass is 10.3. The van der Waals surface area contributed by atoms with E-state index in [1.54, 1.807) is 16.7 Å². The molecule has 1 aliphatic heterocycles. The lowest BCUT2D eigenvalue weighted by Crippen LogP contribution is -2.52. The fourth-order valence-electron chi connectivity index (χ4n) is 1.85. The number of piperazine rings is 1. The van der Waals surface area contributed by atoms with Gasteiger partial charge in [-0.05, 0) is 6.26 Å². The SMILES string of the molecule is CSC(C)CNC(=O)N1CCN(CCC(=O)O)CC1. The minimum Gasteiger partial charge on any atom is -0.481 e. The molecule has 1 saturated heterocycles. The summed E-state index contributed by atoms with van der Waals surface area (Å²) in [6.45, 7) is 6.15. The third-order valence-corrected chi connectivity index (χ3v) is 4.22. The average Bonchev–Trinajstić information content (AvgIpc) is 2.42. The van der Waals surface area contributed by atoms with Gasteiger partial charge in [-0.25, -0.2) is 4.79 Å². The first-order chi connectivity index (χ1) is 9.02. The Kier molecular flexibility index (Phi) is 7.01. The van der Waals surface area contributed by atoms with Gasteiger partial charge in [-0.15, -0.1) is 0 Å². The Hall–Kier alpha value is -0.950. The van der Waals surface area contributed by atoms with E-state index >= 15 is 0 Å². The van der Waals surface area contributed by atoms with Crippen LogP contribution in [0.2, 0.25) is 0 Å². The number of carboxylic acid groups (broad SMARTS) is 1. The summed E-state index contributed by atoms with van der Waals surface area (Å²) in [4.78, 5) is 26.3. The van der Waals surface area contributed by atoms with Crippen LogP contribution in [0.25, 0.3) is 0 Å². The van der Waals surface area contributed by atoms with Gasteiger partial charge in [0.2, 0.25) is 0 Å². The molecule has 6 nitrogen and oxygen atoms in total. The summed E-state index contributed by atoms with van der Waals surface area (Å²) >= 11 is 1.73. The van der Waals surface area contributed by atoms with E-state index in [0.717, 1.165) is 13.1 Å². The molecule has 2 amide bonds. The highest BCUT2D eigenvalue weighted by Gasteiger charge is 2.21. The van der Waals surface area contributed by atoms with Gasteiger partial charge in [0, 0.05) is 44.5 Å². The largest absolute Gasteiger partial charge is 0.481 e. The second-order valence-corrected chi connectivity index (χ2v) is 5.98. The number of carboxylic acids is 1. The molecule has 2 N–H and O–H groups in total. The molecule has 0 radical (unpaired) electrons. The molecule has 0 aromatic rings. The standard InChI is InChI=1S/C12H23N3O3S/c1-10(19-2)9-13-12(18)15-7-5-14(6-8-15)4-3-11(16)17/h10H,3-9H2,1-2H3,(H,13,18)(H,16,17). The second kappa shape index (κ2) is 8.27. The van der Waals surface area contributed by atoms with Crippen molar-refractivity contribution >= 4 is 23.8 Å². The summed E-state index contributed by atoms with van der Waals surface area (Å²) in [6, 6.07) is -0.0150. The van der Waals surface area contributed by atoms with Gasteiger partial charge >= 0.3 is 12.0 Å². The van der Waals surface area contributed by atoms with E-state index in [4.69, 9.17) is 5.11 Å². The van der Waals surface area contributed by atoms with Gasteiger partial charge in [0.25, 0.3) is 0 Å². The molecule has 1 unspecified atom stereocenters. The molecule has 0 aliphatic carbocycles. The number of amides is 2. The van der Waals surface area contributed by atoms with Crippen molar-refractivity contribution in [1.29, 1.82) is 0 Å². The van der Waals surface area contributed by atoms with Crippen LogP contribution in [0.5, 0.6) is 0 Å². The highest BCUT2D eigenvalue weighted by Crippen LogP contribution is 2.05. The average molecular weight is 289 g/mol. The molecule has 1 aliphatic rings. The lowest BCUT2D eigenvalue weighted by molar-refractivity contribution is -0.137. The van der Waals surface area contributed by atoms with Crippen LogP contribution in [0.1, 0.15) is 13.3 Å². The van der Waals surface area contributed by atoms with Crippen LogP contribution in [0.3, 0.4) is 0 Å². The first kappa shape index (κ1) is 16.1. The van der Waals surface area contributed by atoms with E-state index in [2.05, 4.69) is 17.1 Å². The third-order valence-electron chi connectivity index (χ3n) is 3.24. The van der Waals surface area contributed by atoms with Gasteiger partial charge in [0.1, 0.15) is 0 Å². The molecular weight excluding hydrogens is 266 g/mol. The molecule has 0 bridgehead atoms. The summed E-state index contributed by atoms with van der Waals surface area (Å²) < 4.78 is 0. The molecule has 0 aromatic heterocycles. The van der Waals surface area contributed by atoms with E-state index in [1.807, 2.05) is 6.26 Å². The van der Waals surface area contributed by atoms with E-state index < -0.39 is 5.97 Å². The number of nitrogens with zero attached hydrogens (tertiary/aromatic N) is 2. The van der Waals surface area contributed by atoms with E-state index in [1.165, 1.54) is 0 Å². The Morgan fingerprint density at radius 1 is 1.32 bits per heavy atom. The quantitative estimate of drug-likeness (QED) is 0.746. The van der Waals surface area contributed by atoms with Crippen LogP contribution in [0, 0.1) is 0 Å². The van der Waals surface area contributed by atoms with Gasteiger partial charge in [0.15, 0.2) is 0 Å². The number of hydrogen-bond donors (Lipinski definition) is 2. The van der Waals surface area contributed by atoms with Crippen LogP contribution in [0.15, 0.2) is 0 Å². The van der Waals surface area contributed by atoms with Gasteiger partial charge in [-0.1, -0.05) is 6.92 Å². The first-order valence-corrected chi connectivity index (χ1v) is 7.81. The van der Waals surface area contributed by atoms with Crippen molar-refractivity contribution < 1.29 is 14.7 Å². The molecule has 1 heterocycles. The van der Waals surface area contributed by atoms with E-state index in [-0.39, 0.29) is 12.5 Å². The zero-order chi connectivity index (χ0) is 14.3. The predicted octanol–water partition coefficient (Wildman–Crippen LogP) is 0.540. The van der Waals surface area contributed by atoms with Crippen LogP contribution in [-0.2, 0) is 4.79 Å². The third kappa shape index (κ3) is 6.15. The highest BCUT2D eigenvalue weighted by atomic mass is 32.2. The second-order valence-electron chi connectivity index (χ2n) is 4.70. The summed E-state index contributed by atoms with van der Waals surface area (Å²) in [5.41, 5.74) is 0. The minimum atomic E-state index is -0.772. The predicted molar refractivity (Wildman–Crippen MR) is 76.6 cm³/mol. The first-order valence-electron chi connectivity index (χ1n) is 6.52. The maximum atomic E-state index is 11.9. The molecule has 1 fully saturated rings. The van der Waals surface area contributed by atoms with Gasteiger partial charge < -0.3 is 15.3 Å². The Bertz CT molecular complexity index is 307. The van der Waals surface area contributed by atoms with E-state index in [0.29, 0.717) is 31.4 Å². The minimum absolute atomic E-state index is 0.0150. The van der Waals surface area contributed by atoms with Crippen LogP contribution in [-0.4, -0.2) is 77.7 Å². The number of nitrogens with one attached hydrogen (secondary N) is 1. The summed E-state index contributed by atoms with van der Waals surface area (Å²) in [5, 5.41) is 12.0. The molecule has 110 valence electrons. The molecule has 1 rings (SSSR count). The van der Waals surface area contributed by atoms with Gasteiger partial charge in [-0.2, -0.15) is 11.8 Å². The molecule has 0 saturated carbocycles. The Morgan fingerprint density at radius 2 is 1.95 bits per heavy atom. The Labute approximate surface area is 118 Å². The van der Waals surface area contributed by atoms with Crippen molar-refractivity contribution in [2.24, 2.45) is 0 Å². The Balaban J connectivity index is 2.21. The molecular formula is C12H23N3O3S. The highest BCUT2D eigenvalue weighted by molar-refractivity contribution is 7.99. The monoisotopic (exact) mass is 289 g/mol. The number of thioether (sulfide) groups is 1. The molecule has 7 heteroatoms. The topological polar surface area (TPSA) is 72.9 Å². The zero-order valence-electron chi connectivity index (χ0n) is 11.6. The van der Waals surface area contributed by atoms with Crippen molar-refractivity contribution in [1.82, 2.24) is 15.1 Å². The number of hydrogen-bond acceptors (Lipinski definition) is 4. The number of urea groups is 1. The number of aliphatic carboxylic acids is 1. The van der Waals surface area contributed by atoms with Gasteiger partial charge in [0.05, 0.1) is 6.42 Å². The smallest absolute Gasteiger partial charge is 0.317 e. The normalized spacial score (nSPS) is 18.1. The zero-order valence-corrected chi connectivity index (χ0v) is 12.4. The molecule has 0 aromatic carbocycles. The van der Waals surface area contributed by atoms with Crippen LogP contribution in [0.4, 0.5) is 4.79 Å². The maximum absolute atomic E-state index is 11.9. The maximum Gasteiger partial charge on any atom is 0.317 e. The van der Waals surface area contributed by atoms with Gasteiger partial charge in [-0.3, -0.25) is 9.69 Å². The van der Waals surface area contributed by atoms with Crippen molar-refractivity contribution in [2.45, 2.75) is 18.6 Å². The van der Waals surface area contributed by atoms with Crippen molar-refractivity contribution in [3.8, 4) is 0 Å². The number of carbonyl (C=O) groups is 2. The van der Waals surface area contributed by atoms with Crippen molar-refractivity contribution in [3.05, 3.63) is 0 Å². The van der Waals surface area contributed by atoms with Crippen LogP contribution < -0.4 is 5.32 Å². The van der Waals surface area contributed by atoms with E-state index in [9.17, 15) is 9.59 Å². The molecule has 19 heavy (non-hydrogen) atoms. The fraction of sp³-hybridized carbons (Fsp3) is 0.833. The Morgan fingerprint density at radius 3 is 2.47 bits per heavy atom. The van der Waals surface area contributed by atoms with Crippen molar-refractivity contribution in [2.75, 3.05) is 45.5 Å². The number of carbonyl (C=O) groups excluding carboxylic acids is 1. The number of rotatable bonds is 6. The molecule has 1 atom stereocenters. The summed E-state index contributed by atoms with van der Waals surface area (Å²) in [6.07, 6.45) is 2.19. The fourth-order valence-corrected chi connectivity index (χ4v) is 2.10. The summed E-state index contributed by atoms with van der Waals surface area (Å²) in [5.74, 6) is -0.772. The van der Waals surface area contributed by atoms with Crippen LogP contribution >= 0.6 is 11.8 Å². The molecule has 0 spiro atoms. The summed E-state index contributed by atoms with van der Waals surface area (Å²) in [7, 11) is 0. The lowest BCUT2D eigenvalue weighted by Gasteiger charge is -2.34.